The summed E-state index contributed by atoms with van der Waals surface area (Å²) < 4.78 is 0. The van der Waals surface area contributed by atoms with E-state index in [-0.39, 0.29) is 0 Å². The molecule has 76 valence electrons. The first-order valence-electron chi connectivity index (χ1n) is 5.31. The van der Waals surface area contributed by atoms with Crippen molar-refractivity contribution < 1.29 is 0 Å². The molecule has 0 saturated carbocycles. The van der Waals surface area contributed by atoms with E-state index in [4.69, 9.17) is 0 Å². The van der Waals surface area contributed by atoms with Crippen molar-refractivity contribution in [2.24, 2.45) is 0 Å². The van der Waals surface area contributed by atoms with Gasteiger partial charge in [-0.15, -0.1) is 0 Å². The van der Waals surface area contributed by atoms with Crippen LogP contribution in [0.15, 0.2) is 6.20 Å². The van der Waals surface area contributed by atoms with Gasteiger partial charge in [0.15, 0.2) is 0 Å². The van der Waals surface area contributed by atoms with E-state index in [1.807, 2.05) is 13.1 Å². The molecule has 0 aliphatic carbocycles. The van der Waals surface area contributed by atoms with Crippen LogP contribution in [0.25, 0.3) is 0 Å². The minimum absolute atomic E-state index is 0.476. The van der Waals surface area contributed by atoms with Gasteiger partial charge in [0.05, 0.1) is 0 Å². The monoisotopic (exact) mass is 191 g/mol. The lowest BCUT2D eigenvalue weighted by Crippen LogP contribution is -2.27. The molecule has 0 aromatic carbocycles. The maximum Gasteiger partial charge on any atom is 0.125 e. The molecule has 3 nitrogen and oxygen atoms in total. The highest BCUT2D eigenvalue weighted by atomic mass is 14.9. The van der Waals surface area contributed by atoms with Crippen molar-refractivity contribution in [1.29, 1.82) is 0 Å². The number of hydrogen-bond acceptors (Lipinski definition) is 3. The Balaban J connectivity index is 2.22. The van der Waals surface area contributed by atoms with E-state index in [1.165, 1.54) is 24.8 Å². The molecule has 2 rings (SSSR count). The standard InChI is InChI=1S/C11H17N3/c1-8-10(7-13-9(2)14-8)11-5-3-4-6-12-11/h7,11-12H,3-6H2,1-2H3. The lowest BCUT2D eigenvalue weighted by Gasteiger charge is -2.24. The average Bonchev–Trinajstić information content (AvgIpc) is 2.19. The summed E-state index contributed by atoms with van der Waals surface area (Å²) in [5, 5.41) is 3.52. The lowest BCUT2D eigenvalue weighted by molar-refractivity contribution is 0.409. The Morgan fingerprint density at radius 2 is 2.21 bits per heavy atom. The molecule has 1 saturated heterocycles. The summed E-state index contributed by atoms with van der Waals surface area (Å²) in [6, 6.07) is 0.476. The van der Waals surface area contributed by atoms with E-state index in [1.54, 1.807) is 0 Å². The fourth-order valence-corrected chi connectivity index (χ4v) is 2.05. The SMILES string of the molecule is Cc1ncc(C2CCCCN2)c(C)n1. The Kier molecular flexibility index (Phi) is 2.77. The van der Waals surface area contributed by atoms with Crippen LogP contribution in [0.5, 0.6) is 0 Å². The largest absolute Gasteiger partial charge is 0.310 e. The Morgan fingerprint density at radius 3 is 2.86 bits per heavy atom. The van der Waals surface area contributed by atoms with Gasteiger partial charge in [0.1, 0.15) is 5.82 Å². The highest BCUT2D eigenvalue weighted by Gasteiger charge is 2.17. The molecular formula is C11H17N3. The molecule has 1 N–H and O–H groups in total. The molecule has 2 heterocycles. The van der Waals surface area contributed by atoms with Gasteiger partial charge in [-0.2, -0.15) is 0 Å². The molecule has 1 aliphatic rings. The van der Waals surface area contributed by atoms with E-state index >= 15 is 0 Å². The molecule has 0 bridgehead atoms. The van der Waals surface area contributed by atoms with Crippen LogP contribution in [0, 0.1) is 13.8 Å². The minimum atomic E-state index is 0.476. The van der Waals surface area contributed by atoms with Gasteiger partial charge in [0, 0.05) is 23.5 Å². The lowest BCUT2D eigenvalue weighted by atomic mass is 9.98. The quantitative estimate of drug-likeness (QED) is 0.736. The van der Waals surface area contributed by atoms with Crippen LogP contribution in [0.3, 0.4) is 0 Å². The van der Waals surface area contributed by atoms with E-state index in [0.717, 1.165) is 18.1 Å². The van der Waals surface area contributed by atoms with Gasteiger partial charge in [-0.1, -0.05) is 6.42 Å². The van der Waals surface area contributed by atoms with Gasteiger partial charge in [-0.3, -0.25) is 0 Å². The molecule has 1 atom stereocenters. The maximum atomic E-state index is 4.40. The molecule has 0 radical (unpaired) electrons. The summed E-state index contributed by atoms with van der Waals surface area (Å²) in [4.78, 5) is 8.66. The first-order valence-corrected chi connectivity index (χ1v) is 5.31. The molecule has 1 aromatic rings. The van der Waals surface area contributed by atoms with Gasteiger partial charge < -0.3 is 5.32 Å². The number of nitrogens with zero attached hydrogens (tertiary/aromatic N) is 2. The molecule has 3 heteroatoms. The zero-order valence-electron chi connectivity index (χ0n) is 8.88. The van der Waals surface area contributed by atoms with Crippen LogP contribution in [0.2, 0.25) is 0 Å². The molecule has 0 spiro atoms. The molecule has 1 aromatic heterocycles. The second kappa shape index (κ2) is 4.05. The average molecular weight is 191 g/mol. The smallest absolute Gasteiger partial charge is 0.125 e. The van der Waals surface area contributed by atoms with Gasteiger partial charge in [0.25, 0.3) is 0 Å². The van der Waals surface area contributed by atoms with Gasteiger partial charge >= 0.3 is 0 Å². The number of nitrogens with one attached hydrogen (secondary N) is 1. The van der Waals surface area contributed by atoms with E-state index < -0.39 is 0 Å². The molecule has 1 unspecified atom stereocenters. The molecule has 14 heavy (non-hydrogen) atoms. The van der Waals surface area contributed by atoms with Crippen LogP contribution < -0.4 is 5.32 Å². The van der Waals surface area contributed by atoms with Gasteiger partial charge in [0.2, 0.25) is 0 Å². The van der Waals surface area contributed by atoms with Crippen LogP contribution >= 0.6 is 0 Å². The van der Waals surface area contributed by atoms with Crippen molar-refractivity contribution in [2.75, 3.05) is 6.54 Å². The van der Waals surface area contributed by atoms with E-state index in [9.17, 15) is 0 Å². The summed E-state index contributed by atoms with van der Waals surface area (Å²) in [5.74, 6) is 0.863. The summed E-state index contributed by atoms with van der Waals surface area (Å²) in [6.07, 6.45) is 5.79. The van der Waals surface area contributed by atoms with E-state index in [2.05, 4.69) is 22.2 Å². The van der Waals surface area contributed by atoms with Gasteiger partial charge in [-0.05, 0) is 33.2 Å². The Bertz CT molecular complexity index is 316. The number of hydrogen-bond donors (Lipinski definition) is 1. The van der Waals surface area contributed by atoms with E-state index in [0.29, 0.717) is 6.04 Å². The fraction of sp³-hybridized carbons (Fsp3) is 0.636. The second-order valence-corrected chi connectivity index (χ2v) is 3.96. The van der Waals surface area contributed by atoms with Crippen molar-refractivity contribution in [3.63, 3.8) is 0 Å². The minimum Gasteiger partial charge on any atom is -0.310 e. The third kappa shape index (κ3) is 1.93. The zero-order chi connectivity index (χ0) is 9.97. The van der Waals surface area contributed by atoms with Crippen molar-refractivity contribution in [2.45, 2.75) is 39.2 Å². The normalized spacial score (nSPS) is 22.3. The summed E-state index contributed by atoms with van der Waals surface area (Å²) in [6.45, 7) is 5.13. The van der Waals surface area contributed by atoms with Crippen LogP contribution in [-0.4, -0.2) is 16.5 Å². The Hall–Kier alpha value is -0.960. The third-order valence-corrected chi connectivity index (χ3v) is 2.82. The predicted octanol–water partition coefficient (Wildman–Crippen LogP) is 1.91. The Morgan fingerprint density at radius 1 is 1.36 bits per heavy atom. The van der Waals surface area contributed by atoms with Crippen molar-refractivity contribution >= 4 is 0 Å². The van der Waals surface area contributed by atoms with Crippen molar-refractivity contribution in [3.05, 3.63) is 23.3 Å². The second-order valence-electron chi connectivity index (χ2n) is 3.96. The number of piperidine rings is 1. The third-order valence-electron chi connectivity index (χ3n) is 2.82. The van der Waals surface area contributed by atoms with Crippen molar-refractivity contribution in [1.82, 2.24) is 15.3 Å². The topological polar surface area (TPSA) is 37.8 Å². The highest BCUT2D eigenvalue weighted by molar-refractivity contribution is 5.20. The Labute approximate surface area is 85.0 Å². The fourth-order valence-electron chi connectivity index (χ4n) is 2.05. The predicted molar refractivity (Wildman–Crippen MR) is 56.1 cm³/mol. The van der Waals surface area contributed by atoms with Crippen LogP contribution in [-0.2, 0) is 0 Å². The summed E-state index contributed by atoms with van der Waals surface area (Å²) in [7, 11) is 0. The summed E-state index contributed by atoms with van der Waals surface area (Å²) in [5.41, 5.74) is 2.40. The summed E-state index contributed by atoms with van der Waals surface area (Å²) >= 11 is 0. The number of rotatable bonds is 1. The highest BCUT2D eigenvalue weighted by Crippen LogP contribution is 2.23. The van der Waals surface area contributed by atoms with Crippen molar-refractivity contribution in [3.8, 4) is 0 Å². The zero-order valence-corrected chi connectivity index (χ0v) is 8.88. The molecule has 1 fully saturated rings. The molecule has 1 aliphatic heterocycles. The number of aromatic nitrogens is 2. The first-order chi connectivity index (χ1) is 6.77. The molecular weight excluding hydrogens is 174 g/mol. The number of aryl methyl sites for hydroxylation is 2. The molecule has 0 amide bonds. The van der Waals surface area contributed by atoms with Crippen LogP contribution in [0.1, 0.15) is 42.4 Å². The first kappa shape index (κ1) is 9.59. The van der Waals surface area contributed by atoms with Gasteiger partial charge in [-0.25, -0.2) is 9.97 Å². The van der Waals surface area contributed by atoms with Crippen LogP contribution in [0.4, 0.5) is 0 Å². The maximum absolute atomic E-state index is 4.40.